The van der Waals surface area contributed by atoms with E-state index in [1.165, 1.54) is 0 Å². The summed E-state index contributed by atoms with van der Waals surface area (Å²) in [5, 5.41) is 7.70. The molecule has 0 unspecified atom stereocenters. The van der Waals surface area contributed by atoms with Crippen molar-refractivity contribution in [3.05, 3.63) is 41.3 Å². The molecule has 0 aliphatic carbocycles. The molecule has 1 N–H and O–H groups in total. The number of ether oxygens (including phenoxy) is 1. The van der Waals surface area contributed by atoms with Crippen LogP contribution in [0.15, 0.2) is 30.7 Å². The van der Waals surface area contributed by atoms with Crippen molar-refractivity contribution in [2.24, 2.45) is 0 Å². The number of hydrogen-bond acceptors (Lipinski definition) is 5. The van der Waals surface area contributed by atoms with Gasteiger partial charge in [0.15, 0.2) is 0 Å². The maximum Gasteiger partial charge on any atom is 0.255 e. The summed E-state index contributed by atoms with van der Waals surface area (Å²) in [6.45, 7) is 3.69. The van der Waals surface area contributed by atoms with Crippen LogP contribution >= 0.6 is 11.6 Å². The summed E-state index contributed by atoms with van der Waals surface area (Å²) in [4.78, 5) is 18.4. The fourth-order valence-corrected chi connectivity index (χ4v) is 2.59. The molecule has 23 heavy (non-hydrogen) atoms. The predicted octanol–water partition coefficient (Wildman–Crippen LogP) is 1.52. The van der Waals surface area contributed by atoms with Crippen LogP contribution in [0.25, 0.3) is 0 Å². The number of anilines is 1. The first-order chi connectivity index (χ1) is 11.2. The molecule has 0 spiro atoms. The van der Waals surface area contributed by atoms with Crippen molar-refractivity contribution in [1.82, 2.24) is 19.7 Å². The smallest absolute Gasteiger partial charge is 0.255 e. The zero-order chi connectivity index (χ0) is 16.1. The second-order valence-corrected chi connectivity index (χ2v) is 5.56. The molecule has 0 atom stereocenters. The lowest BCUT2D eigenvalue weighted by Crippen LogP contribution is -2.40. The minimum Gasteiger partial charge on any atom is -0.378 e. The molecule has 2 aromatic heterocycles. The number of rotatable bonds is 5. The third-order valence-corrected chi connectivity index (χ3v) is 3.87. The van der Waals surface area contributed by atoms with Gasteiger partial charge in [-0.2, -0.15) is 5.10 Å². The van der Waals surface area contributed by atoms with Gasteiger partial charge in [0.2, 0.25) is 0 Å². The number of amides is 1. The summed E-state index contributed by atoms with van der Waals surface area (Å²) in [5.41, 5.74) is 0.495. The first-order valence-corrected chi connectivity index (χ1v) is 7.86. The van der Waals surface area contributed by atoms with Gasteiger partial charge in [-0.3, -0.25) is 9.48 Å². The SMILES string of the molecule is O=C(c1cnc(NCCn2cccn2)c(Cl)c1)N1CCOCC1. The second-order valence-electron chi connectivity index (χ2n) is 5.15. The second kappa shape index (κ2) is 7.43. The third-order valence-electron chi connectivity index (χ3n) is 3.58. The first kappa shape index (κ1) is 15.8. The zero-order valence-corrected chi connectivity index (χ0v) is 13.4. The summed E-state index contributed by atoms with van der Waals surface area (Å²) >= 11 is 6.23. The van der Waals surface area contributed by atoms with Crippen molar-refractivity contribution in [3.8, 4) is 0 Å². The van der Waals surface area contributed by atoms with Crippen molar-refractivity contribution in [2.45, 2.75) is 6.54 Å². The minimum absolute atomic E-state index is 0.0641. The van der Waals surface area contributed by atoms with Gasteiger partial charge in [-0.1, -0.05) is 11.6 Å². The van der Waals surface area contributed by atoms with Gasteiger partial charge in [-0.25, -0.2) is 4.98 Å². The van der Waals surface area contributed by atoms with E-state index < -0.39 is 0 Å². The average Bonchev–Trinajstić information content (AvgIpc) is 3.10. The van der Waals surface area contributed by atoms with Gasteiger partial charge in [0.05, 0.1) is 30.3 Å². The van der Waals surface area contributed by atoms with Gasteiger partial charge in [0, 0.05) is 38.2 Å². The molecule has 0 saturated carbocycles. The van der Waals surface area contributed by atoms with E-state index in [2.05, 4.69) is 15.4 Å². The number of hydrogen-bond donors (Lipinski definition) is 1. The molecule has 8 heteroatoms. The number of pyridine rings is 1. The van der Waals surface area contributed by atoms with Gasteiger partial charge in [0.1, 0.15) is 5.82 Å². The highest BCUT2D eigenvalue weighted by atomic mass is 35.5. The molecule has 1 saturated heterocycles. The Kier molecular flexibility index (Phi) is 5.09. The van der Waals surface area contributed by atoms with Crippen molar-refractivity contribution in [3.63, 3.8) is 0 Å². The number of nitrogens with zero attached hydrogens (tertiary/aromatic N) is 4. The molecule has 1 amide bonds. The molecular weight excluding hydrogens is 318 g/mol. The summed E-state index contributed by atoms with van der Waals surface area (Å²) < 4.78 is 7.07. The number of aromatic nitrogens is 3. The van der Waals surface area contributed by atoms with Crippen LogP contribution in [0.4, 0.5) is 5.82 Å². The fraction of sp³-hybridized carbons (Fsp3) is 0.400. The quantitative estimate of drug-likeness (QED) is 0.897. The Bertz CT molecular complexity index is 656. The van der Waals surface area contributed by atoms with Crippen LogP contribution in [0.5, 0.6) is 0 Å². The van der Waals surface area contributed by atoms with E-state index in [4.69, 9.17) is 16.3 Å². The Morgan fingerprint density at radius 1 is 1.39 bits per heavy atom. The molecule has 7 nitrogen and oxygen atoms in total. The number of carbonyl (C=O) groups is 1. The predicted molar refractivity (Wildman–Crippen MR) is 86.7 cm³/mol. The number of morpholine rings is 1. The Hall–Kier alpha value is -2.12. The average molecular weight is 336 g/mol. The highest BCUT2D eigenvalue weighted by molar-refractivity contribution is 6.33. The maximum atomic E-state index is 12.4. The van der Waals surface area contributed by atoms with E-state index in [0.717, 1.165) is 0 Å². The fourth-order valence-electron chi connectivity index (χ4n) is 2.36. The van der Waals surface area contributed by atoms with Gasteiger partial charge >= 0.3 is 0 Å². The summed E-state index contributed by atoms with van der Waals surface area (Å²) in [6.07, 6.45) is 5.18. The molecule has 1 aliphatic heterocycles. The van der Waals surface area contributed by atoms with Crippen molar-refractivity contribution >= 4 is 23.3 Å². The summed E-state index contributed by atoms with van der Waals surface area (Å²) in [6, 6.07) is 3.53. The minimum atomic E-state index is -0.0641. The number of halogens is 1. The Balaban J connectivity index is 1.59. The van der Waals surface area contributed by atoms with Gasteiger partial charge in [-0.15, -0.1) is 0 Å². The number of carbonyl (C=O) groups excluding carboxylic acids is 1. The lowest BCUT2D eigenvalue weighted by molar-refractivity contribution is 0.0302. The van der Waals surface area contributed by atoms with Crippen molar-refractivity contribution < 1.29 is 9.53 Å². The lowest BCUT2D eigenvalue weighted by atomic mass is 10.2. The van der Waals surface area contributed by atoms with E-state index in [-0.39, 0.29) is 5.91 Å². The van der Waals surface area contributed by atoms with E-state index in [9.17, 15) is 4.79 Å². The highest BCUT2D eigenvalue weighted by Gasteiger charge is 2.19. The monoisotopic (exact) mass is 335 g/mol. The molecular formula is C15H18ClN5O2. The third kappa shape index (κ3) is 4.00. The number of nitrogens with one attached hydrogen (secondary N) is 1. The van der Waals surface area contributed by atoms with Gasteiger partial charge in [-0.05, 0) is 12.1 Å². The molecule has 0 aromatic carbocycles. The lowest BCUT2D eigenvalue weighted by Gasteiger charge is -2.26. The Morgan fingerprint density at radius 3 is 2.91 bits per heavy atom. The largest absolute Gasteiger partial charge is 0.378 e. The van der Waals surface area contributed by atoms with E-state index in [1.807, 2.05) is 16.9 Å². The topological polar surface area (TPSA) is 72.3 Å². The van der Waals surface area contributed by atoms with Crippen molar-refractivity contribution in [1.29, 1.82) is 0 Å². The summed E-state index contributed by atoms with van der Waals surface area (Å²) in [5.74, 6) is 0.503. The Labute approximate surface area is 139 Å². The van der Waals surface area contributed by atoms with Crippen LogP contribution < -0.4 is 5.32 Å². The molecule has 0 bridgehead atoms. The zero-order valence-electron chi connectivity index (χ0n) is 12.6. The Morgan fingerprint density at radius 2 is 2.22 bits per heavy atom. The van der Waals surface area contributed by atoms with Gasteiger partial charge in [0.25, 0.3) is 5.91 Å². The molecule has 3 rings (SSSR count). The molecule has 1 fully saturated rings. The standard InChI is InChI=1S/C15H18ClN5O2/c16-13-10-12(15(22)20-6-8-23-9-7-20)11-18-14(13)17-3-5-21-4-1-2-19-21/h1-2,4,10-11H,3,5-9H2,(H,17,18). The van der Waals surface area contributed by atoms with Gasteiger partial charge < -0.3 is 15.0 Å². The summed E-state index contributed by atoms with van der Waals surface area (Å²) in [7, 11) is 0. The molecule has 122 valence electrons. The van der Waals surface area contributed by atoms with E-state index in [0.29, 0.717) is 55.8 Å². The molecule has 2 aromatic rings. The van der Waals surface area contributed by atoms with Crippen LogP contribution in [0.3, 0.4) is 0 Å². The maximum absolute atomic E-state index is 12.4. The van der Waals surface area contributed by atoms with Crippen molar-refractivity contribution in [2.75, 3.05) is 38.2 Å². The van der Waals surface area contributed by atoms with Crippen LogP contribution in [0, 0.1) is 0 Å². The van der Waals surface area contributed by atoms with Crippen LogP contribution in [-0.2, 0) is 11.3 Å². The van der Waals surface area contributed by atoms with Crippen LogP contribution in [0.2, 0.25) is 5.02 Å². The molecule has 0 radical (unpaired) electrons. The van der Waals surface area contributed by atoms with E-state index in [1.54, 1.807) is 23.4 Å². The van der Waals surface area contributed by atoms with Crippen LogP contribution in [0.1, 0.15) is 10.4 Å². The molecule has 3 heterocycles. The molecule has 1 aliphatic rings. The first-order valence-electron chi connectivity index (χ1n) is 7.48. The highest BCUT2D eigenvalue weighted by Crippen LogP contribution is 2.21. The normalized spacial score (nSPS) is 14.7. The van der Waals surface area contributed by atoms with E-state index >= 15 is 0 Å². The van der Waals surface area contributed by atoms with Crippen LogP contribution in [-0.4, -0.2) is 58.4 Å².